The molecule has 1 aliphatic carbocycles. The minimum absolute atomic E-state index is 0.664. The summed E-state index contributed by atoms with van der Waals surface area (Å²) in [6, 6.07) is 12.1. The van der Waals surface area contributed by atoms with Crippen LogP contribution in [0, 0.1) is 0 Å². The van der Waals surface area contributed by atoms with Crippen molar-refractivity contribution in [2.24, 2.45) is 0 Å². The lowest BCUT2D eigenvalue weighted by atomic mass is 10.2. The summed E-state index contributed by atoms with van der Waals surface area (Å²) < 4.78 is 0. The Labute approximate surface area is 144 Å². The first-order valence-corrected chi connectivity index (χ1v) is 8.71. The van der Waals surface area contributed by atoms with Crippen molar-refractivity contribution >= 4 is 46.6 Å². The van der Waals surface area contributed by atoms with E-state index in [2.05, 4.69) is 5.32 Å². The second-order valence-electron chi connectivity index (χ2n) is 5.08. The Morgan fingerprint density at radius 2 is 1.67 bits per heavy atom. The Hall–Kier alpha value is -0.380. The number of halogens is 3. The summed E-state index contributed by atoms with van der Waals surface area (Å²) in [5.41, 5.74) is 1.19. The van der Waals surface area contributed by atoms with Gasteiger partial charge in [-0.15, -0.1) is 0 Å². The molecule has 0 saturated heterocycles. The topological polar surface area (TPSA) is 12.0 Å². The van der Waals surface area contributed by atoms with Gasteiger partial charge in [0.2, 0.25) is 0 Å². The van der Waals surface area contributed by atoms with Crippen molar-refractivity contribution in [1.29, 1.82) is 0 Å². The Kier molecular flexibility index (Phi) is 5.03. The first-order chi connectivity index (χ1) is 10.1. The quantitative estimate of drug-likeness (QED) is 0.698. The molecule has 0 spiro atoms. The van der Waals surface area contributed by atoms with Gasteiger partial charge < -0.3 is 5.32 Å². The van der Waals surface area contributed by atoms with Crippen LogP contribution >= 0.6 is 46.6 Å². The first-order valence-electron chi connectivity index (χ1n) is 6.76. The van der Waals surface area contributed by atoms with E-state index in [9.17, 15) is 0 Å². The third-order valence-corrected chi connectivity index (χ3v) is 5.38. The molecule has 3 rings (SSSR count). The highest BCUT2D eigenvalue weighted by Gasteiger charge is 2.20. The number of nitrogens with one attached hydrogen (secondary N) is 1. The first kappa shape index (κ1) is 15.5. The van der Waals surface area contributed by atoms with Crippen LogP contribution in [0.15, 0.2) is 46.2 Å². The maximum atomic E-state index is 6.25. The molecule has 5 heteroatoms. The molecule has 1 aliphatic rings. The highest BCUT2D eigenvalue weighted by atomic mass is 35.5. The molecule has 0 amide bonds. The van der Waals surface area contributed by atoms with Gasteiger partial charge >= 0.3 is 0 Å². The number of hydrogen-bond acceptors (Lipinski definition) is 2. The molecule has 2 aromatic rings. The van der Waals surface area contributed by atoms with Crippen LogP contribution in [0.25, 0.3) is 0 Å². The molecule has 1 N–H and O–H groups in total. The van der Waals surface area contributed by atoms with Gasteiger partial charge in [-0.3, -0.25) is 0 Å². The molecular formula is C16H14Cl3NS. The third kappa shape index (κ3) is 4.30. The van der Waals surface area contributed by atoms with Crippen molar-refractivity contribution in [1.82, 2.24) is 5.32 Å². The minimum Gasteiger partial charge on any atom is -0.310 e. The normalized spacial score (nSPS) is 14.4. The van der Waals surface area contributed by atoms with E-state index in [1.165, 1.54) is 18.4 Å². The Morgan fingerprint density at radius 3 is 2.43 bits per heavy atom. The van der Waals surface area contributed by atoms with E-state index >= 15 is 0 Å². The highest BCUT2D eigenvalue weighted by Crippen LogP contribution is 2.37. The van der Waals surface area contributed by atoms with Crippen LogP contribution in [-0.2, 0) is 6.54 Å². The van der Waals surface area contributed by atoms with Gasteiger partial charge in [-0.25, -0.2) is 0 Å². The number of hydrogen-bond donors (Lipinski definition) is 1. The smallest absolute Gasteiger partial charge is 0.0546 e. The fourth-order valence-electron chi connectivity index (χ4n) is 2.00. The van der Waals surface area contributed by atoms with Crippen LogP contribution < -0.4 is 5.32 Å². The molecule has 2 aromatic carbocycles. The molecule has 0 bridgehead atoms. The largest absolute Gasteiger partial charge is 0.310 e. The van der Waals surface area contributed by atoms with Crippen molar-refractivity contribution in [3.8, 4) is 0 Å². The second kappa shape index (κ2) is 6.80. The SMILES string of the molecule is Clc1ccc(Sc2cc(Cl)ccc2Cl)c(CNC2CC2)c1. The number of rotatable bonds is 5. The van der Waals surface area contributed by atoms with Gasteiger partial charge in [0.15, 0.2) is 0 Å². The number of benzene rings is 2. The summed E-state index contributed by atoms with van der Waals surface area (Å²) >= 11 is 20.0. The van der Waals surface area contributed by atoms with E-state index < -0.39 is 0 Å². The fourth-order valence-corrected chi connectivity index (χ4v) is 3.65. The summed E-state index contributed by atoms with van der Waals surface area (Å²) in [4.78, 5) is 2.11. The van der Waals surface area contributed by atoms with Gasteiger partial charge in [0.05, 0.1) is 5.02 Å². The minimum atomic E-state index is 0.664. The molecule has 0 atom stereocenters. The third-order valence-electron chi connectivity index (χ3n) is 3.29. The zero-order chi connectivity index (χ0) is 14.8. The molecule has 0 unspecified atom stereocenters. The average Bonchev–Trinajstić information content (AvgIpc) is 3.27. The molecule has 1 fully saturated rings. The van der Waals surface area contributed by atoms with Gasteiger partial charge in [-0.2, -0.15) is 0 Å². The average molecular weight is 359 g/mol. The standard InChI is InChI=1S/C16H14Cl3NS/c17-11-2-6-15(10(7-11)9-20-13-3-4-13)21-16-8-12(18)1-5-14(16)19/h1-2,5-8,13,20H,3-4,9H2. The zero-order valence-electron chi connectivity index (χ0n) is 11.2. The molecular weight excluding hydrogens is 345 g/mol. The monoisotopic (exact) mass is 357 g/mol. The van der Waals surface area contributed by atoms with Crippen LogP contribution in [0.3, 0.4) is 0 Å². The van der Waals surface area contributed by atoms with Crippen molar-refractivity contribution in [3.05, 3.63) is 57.0 Å². The predicted octanol–water partition coefficient (Wildman–Crippen LogP) is 6.05. The molecule has 1 saturated carbocycles. The maximum Gasteiger partial charge on any atom is 0.0546 e. The van der Waals surface area contributed by atoms with E-state index in [1.807, 2.05) is 30.3 Å². The lowest BCUT2D eigenvalue weighted by Gasteiger charge is -2.12. The molecule has 0 aliphatic heterocycles. The molecule has 0 heterocycles. The maximum absolute atomic E-state index is 6.25. The molecule has 1 nitrogen and oxygen atoms in total. The zero-order valence-corrected chi connectivity index (χ0v) is 14.3. The van der Waals surface area contributed by atoms with Gasteiger partial charge in [-0.1, -0.05) is 46.6 Å². The molecule has 0 radical (unpaired) electrons. The molecule has 21 heavy (non-hydrogen) atoms. The Balaban J connectivity index is 1.84. The lowest BCUT2D eigenvalue weighted by molar-refractivity contribution is 0.680. The van der Waals surface area contributed by atoms with Gasteiger partial charge in [0, 0.05) is 32.4 Å². The summed E-state index contributed by atoms with van der Waals surface area (Å²) in [6.45, 7) is 0.825. The Bertz CT molecular complexity index is 656. The van der Waals surface area contributed by atoms with Gasteiger partial charge in [0.25, 0.3) is 0 Å². The fraction of sp³-hybridized carbons (Fsp3) is 0.250. The van der Waals surface area contributed by atoms with Crippen LogP contribution in [0.4, 0.5) is 0 Å². The van der Waals surface area contributed by atoms with Crippen LogP contribution in [0.5, 0.6) is 0 Å². The predicted molar refractivity (Wildman–Crippen MR) is 91.9 cm³/mol. The second-order valence-corrected chi connectivity index (χ2v) is 7.45. The van der Waals surface area contributed by atoms with Gasteiger partial charge in [0.1, 0.15) is 0 Å². The highest BCUT2D eigenvalue weighted by molar-refractivity contribution is 7.99. The van der Waals surface area contributed by atoms with E-state index in [0.717, 1.165) is 21.4 Å². The van der Waals surface area contributed by atoms with Gasteiger partial charge in [-0.05, 0) is 54.8 Å². The van der Waals surface area contributed by atoms with E-state index in [1.54, 1.807) is 17.8 Å². The summed E-state index contributed by atoms with van der Waals surface area (Å²) in [7, 11) is 0. The molecule has 0 aromatic heterocycles. The van der Waals surface area contributed by atoms with Crippen LogP contribution in [-0.4, -0.2) is 6.04 Å². The summed E-state index contributed by atoms with van der Waals surface area (Å²) in [5, 5.41) is 5.67. The summed E-state index contributed by atoms with van der Waals surface area (Å²) in [5.74, 6) is 0. The van der Waals surface area contributed by atoms with E-state index in [4.69, 9.17) is 34.8 Å². The van der Waals surface area contributed by atoms with Crippen molar-refractivity contribution < 1.29 is 0 Å². The van der Waals surface area contributed by atoms with Crippen molar-refractivity contribution in [3.63, 3.8) is 0 Å². The van der Waals surface area contributed by atoms with E-state index in [0.29, 0.717) is 16.1 Å². The van der Waals surface area contributed by atoms with Crippen molar-refractivity contribution in [2.45, 2.75) is 35.2 Å². The summed E-state index contributed by atoms with van der Waals surface area (Å²) in [6.07, 6.45) is 2.53. The lowest BCUT2D eigenvalue weighted by Crippen LogP contribution is -2.15. The van der Waals surface area contributed by atoms with Crippen LogP contribution in [0.1, 0.15) is 18.4 Å². The van der Waals surface area contributed by atoms with E-state index in [-0.39, 0.29) is 0 Å². The van der Waals surface area contributed by atoms with Crippen LogP contribution in [0.2, 0.25) is 15.1 Å². The Morgan fingerprint density at radius 1 is 0.952 bits per heavy atom. The molecule has 110 valence electrons. The van der Waals surface area contributed by atoms with Crippen molar-refractivity contribution in [2.75, 3.05) is 0 Å².